The topological polar surface area (TPSA) is 67.0 Å². The lowest BCUT2D eigenvalue weighted by Crippen LogP contribution is -2.13. The van der Waals surface area contributed by atoms with Crippen molar-refractivity contribution in [2.24, 2.45) is 5.92 Å². The van der Waals surface area contributed by atoms with Gasteiger partial charge >= 0.3 is 0 Å². The largest absolute Gasteiger partial charge is 0.497 e. The number of nitrogens with zero attached hydrogens (tertiary/aromatic N) is 2. The van der Waals surface area contributed by atoms with Gasteiger partial charge in [0.2, 0.25) is 5.91 Å². The Balaban J connectivity index is 1.85. The van der Waals surface area contributed by atoms with Crippen molar-refractivity contribution in [3.8, 4) is 23.1 Å². The molecule has 0 radical (unpaired) electrons. The summed E-state index contributed by atoms with van der Waals surface area (Å²) in [4.78, 5) is 12.1. The van der Waals surface area contributed by atoms with E-state index in [9.17, 15) is 10.1 Å². The summed E-state index contributed by atoms with van der Waals surface area (Å²) in [6.45, 7) is 2.78. The number of benzene rings is 2. The van der Waals surface area contributed by atoms with Crippen LogP contribution in [0.2, 0.25) is 0 Å². The molecule has 0 unspecified atom stereocenters. The van der Waals surface area contributed by atoms with E-state index in [1.54, 1.807) is 7.11 Å². The molecule has 0 bridgehead atoms. The van der Waals surface area contributed by atoms with Gasteiger partial charge in [0.15, 0.2) is 0 Å². The Hall–Kier alpha value is -3.26. The van der Waals surface area contributed by atoms with Crippen LogP contribution in [-0.4, -0.2) is 17.6 Å². The summed E-state index contributed by atoms with van der Waals surface area (Å²) in [7, 11) is 1.64. The van der Waals surface area contributed by atoms with Crippen LogP contribution in [0, 0.1) is 17.2 Å². The molecule has 1 heterocycles. The summed E-state index contributed by atoms with van der Waals surface area (Å²) in [6.07, 6.45) is 1.94. The van der Waals surface area contributed by atoms with E-state index in [0.717, 1.165) is 53.0 Å². The van der Waals surface area contributed by atoms with E-state index in [1.807, 2.05) is 42.5 Å². The average Bonchev–Trinajstić information content (AvgIpc) is 3.49. The number of amides is 1. The van der Waals surface area contributed by atoms with E-state index in [0.29, 0.717) is 5.56 Å². The zero-order valence-corrected chi connectivity index (χ0v) is 15.5. The van der Waals surface area contributed by atoms with Gasteiger partial charge in [-0.2, -0.15) is 5.26 Å². The number of carbonyl (C=O) groups excluding carboxylic acids is 1. The highest BCUT2D eigenvalue weighted by Gasteiger charge is 2.29. The number of nitriles is 1. The Morgan fingerprint density at radius 2 is 2.11 bits per heavy atom. The monoisotopic (exact) mass is 359 g/mol. The molecule has 0 aliphatic heterocycles. The van der Waals surface area contributed by atoms with Crippen LogP contribution >= 0.6 is 0 Å². The normalized spacial score (nSPS) is 13.4. The Morgan fingerprint density at radius 3 is 2.78 bits per heavy atom. The Morgan fingerprint density at radius 1 is 1.30 bits per heavy atom. The first kappa shape index (κ1) is 17.2. The highest BCUT2D eigenvalue weighted by Crippen LogP contribution is 2.36. The van der Waals surface area contributed by atoms with Gasteiger partial charge < -0.3 is 14.6 Å². The Kier molecular flexibility index (Phi) is 4.33. The van der Waals surface area contributed by atoms with E-state index >= 15 is 0 Å². The highest BCUT2D eigenvalue weighted by molar-refractivity contribution is 5.97. The molecule has 2 aromatic carbocycles. The molecule has 3 aromatic rings. The van der Waals surface area contributed by atoms with Crippen molar-refractivity contribution in [2.75, 3.05) is 12.4 Å². The predicted octanol–water partition coefficient (Wildman–Crippen LogP) is 4.56. The van der Waals surface area contributed by atoms with E-state index in [4.69, 9.17) is 4.74 Å². The zero-order valence-electron chi connectivity index (χ0n) is 15.5. The van der Waals surface area contributed by atoms with Gasteiger partial charge in [0, 0.05) is 35.2 Å². The SMILES string of the molecule is CCn1c(-c2cccc(NC(=O)C3CC3)c2)c(C#N)c2ccc(OC)cc21. The molecular weight excluding hydrogens is 338 g/mol. The summed E-state index contributed by atoms with van der Waals surface area (Å²) in [5, 5.41) is 13.7. The number of hydrogen-bond donors (Lipinski definition) is 1. The number of fused-ring (bicyclic) bond motifs is 1. The predicted molar refractivity (Wildman–Crippen MR) is 106 cm³/mol. The fourth-order valence-electron chi connectivity index (χ4n) is 3.53. The number of aromatic nitrogens is 1. The molecule has 0 atom stereocenters. The molecule has 1 amide bonds. The molecule has 0 spiro atoms. The third kappa shape index (κ3) is 3.04. The molecule has 5 heteroatoms. The van der Waals surface area contributed by atoms with Crippen LogP contribution in [0.4, 0.5) is 5.69 Å². The van der Waals surface area contributed by atoms with Crippen molar-refractivity contribution in [3.05, 3.63) is 48.0 Å². The summed E-state index contributed by atoms with van der Waals surface area (Å²) >= 11 is 0. The minimum Gasteiger partial charge on any atom is -0.497 e. The number of hydrogen-bond acceptors (Lipinski definition) is 3. The lowest BCUT2D eigenvalue weighted by molar-refractivity contribution is -0.117. The van der Waals surface area contributed by atoms with Crippen molar-refractivity contribution >= 4 is 22.5 Å². The maximum Gasteiger partial charge on any atom is 0.227 e. The maximum atomic E-state index is 12.1. The fraction of sp³-hybridized carbons (Fsp3) is 0.273. The molecular formula is C22H21N3O2. The number of aryl methyl sites for hydroxylation is 1. The van der Waals surface area contributed by atoms with Crippen LogP contribution in [0.15, 0.2) is 42.5 Å². The van der Waals surface area contributed by atoms with Gasteiger partial charge in [-0.15, -0.1) is 0 Å². The van der Waals surface area contributed by atoms with E-state index in [2.05, 4.69) is 22.9 Å². The first-order valence-corrected chi connectivity index (χ1v) is 9.18. The van der Waals surface area contributed by atoms with E-state index in [-0.39, 0.29) is 11.8 Å². The van der Waals surface area contributed by atoms with Crippen LogP contribution in [0.1, 0.15) is 25.3 Å². The summed E-state index contributed by atoms with van der Waals surface area (Å²) < 4.78 is 7.48. The smallest absolute Gasteiger partial charge is 0.227 e. The van der Waals surface area contributed by atoms with Gasteiger partial charge in [0.25, 0.3) is 0 Å². The van der Waals surface area contributed by atoms with Gasteiger partial charge in [-0.25, -0.2) is 0 Å². The molecule has 0 saturated heterocycles. The minimum atomic E-state index is 0.0772. The van der Waals surface area contributed by atoms with Crippen molar-refractivity contribution in [3.63, 3.8) is 0 Å². The Bertz CT molecular complexity index is 1070. The molecule has 1 fully saturated rings. The molecule has 1 N–H and O–H groups in total. The molecule has 27 heavy (non-hydrogen) atoms. The fourth-order valence-corrected chi connectivity index (χ4v) is 3.53. The number of carbonyl (C=O) groups is 1. The quantitative estimate of drug-likeness (QED) is 0.726. The first-order chi connectivity index (χ1) is 13.2. The minimum absolute atomic E-state index is 0.0772. The van der Waals surface area contributed by atoms with Crippen LogP contribution in [-0.2, 0) is 11.3 Å². The van der Waals surface area contributed by atoms with E-state index < -0.39 is 0 Å². The summed E-state index contributed by atoms with van der Waals surface area (Å²) in [5.41, 5.74) is 4.15. The lowest BCUT2D eigenvalue weighted by atomic mass is 10.1. The molecule has 1 aliphatic rings. The van der Waals surface area contributed by atoms with Crippen LogP contribution < -0.4 is 10.1 Å². The summed E-state index contributed by atoms with van der Waals surface area (Å²) in [5.74, 6) is 0.988. The Labute approximate surface area is 158 Å². The number of rotatable bonds is 5. The first-order valence-electron chi connectivity index (χ1n) is 9.18. The number of ether oxygens (including phenoxy) is 1. The van der Waals surface area contributed by atoms with Crippen molar-refractivity contribution < 1.29 is 9.53 Å². The van der Waals surface area contributed by atoms with Gasteiger partial charge in [0.1, 0.15) is 11.8 Å². The third-order valence-electron chi connectivity index (χ3n) is 5.05. The second-order valence-electron chi connectivity index (χ2n) is 6.81. The molecule has 5 nitrogen and oxygen atoms in total. The lowest BCUT2D eigenvalue weighted by Gasteiger charge is -2.11. The molecule has 1 saturated carbocycles. The molecule has 1 aliphatic carbocycles. The second kappa shape index (κ2) is 6.81. The number of anilines is 1. The van der Waals surface area contributed by atoms with Gasteiger partial charge in [-0.3, -0.25) is 4.79 Å². The number of methoxy groups -OCH3 is 1. The average molecular weight is 359 g/mol. The molecule has 136 valence electrons. The van der Waals surface area contributed by atoms with Crippen LogP contribution in [0.3, 0.4) is 0 Å². The summed E-state index contributed by atoms with van der Waals surface area (Å²) in [6, 6.07) is 15.9. The standard InChI is InChI=1S/C22H21N3O2/c1-3-25-20-12-17(27-2)9-10-18(20)19(13-23)21(25)15-5-4-6-16(11-15)24-22(26)14-7-8-14/h4-6,9-12,14H,3,7-8H2,1-2H3,(H,24,26). The van der Waals surface area contributed by atoms with Gasteiger partial charge in [0.05, 0.1) is 23.9 Å². The maximum absolute atomic E-state index is 12.1. The highest BCUT2D eigenvalue weighted by atomic mass is 16.5. The van der Waals surface area contributed by atoms with Crippen molar-refractivity contribution in [2.45, 2.75) is 26.3 Å². The van der Waals surface area contributed by atoms with E-state index in [1.165, 1.54) is 0 Å². The van der Waals surface area contributed by atoms with Crippen molar-refractivity contribution in [1.82, 2.24) is 4.57 Å². The molecule has 4 rings (SSSR count). The second-order valence-corrected chi connectivity index (χ2v) is 6.81. The van der Waals surface area contributed by atoms with Crippen molar-refractivity contribution in [1.29, 1.82) is 5.26 Å². The van der Waals surface area contributed by atoms with Gasteiger partial charge in [-0.1, -0.05) is 12.1 Å². The number of nitrogens with one attached hydrogen (secondary N) is 1. The zero-order chi connectivity index (χ0) is 19.0. The van der Waals surface area contributed by atoms with Crippen LogP contribution in [0.5, 0.6) is 5.75 Å². The van der Waals surface area contributed by atoms with Crippen LogP contribution in [0.25, 0.3) is 22.2 Å². The van der Waals surface area contributed by atoms with Gasteiger partial charge in [-0.05, 0) is 44.0 Å². The third-order valence-corrected chi connectivity index (χ3v) is 5.05. The molecule has 1 aromatic heterocycles.